The minimum absolute atomic E-state index is 0.314. The van der Waals surface area contributed by atoms with E-state index in [1.807, 2.05) is 13.0 Å². The molecular formula is C12H19N3O. The molecule has 1 fully saturated rings. The van der Waals surface area contributed by atoms with E-state index in [2.05, 4.69) is 22.2 Å². The van der Waals surface area contributed by atoms with Crippen molar-refractivity contribution < 1.29 is 4.74 Å². The molecule has 1 aliphatic rings. The van der Waals surface area contributed by atoms with Crippen molar-refractivity contribution in [2.24, 2.45) is 0 Å². The van der Waals surface area contributed by atoms with Crippen LogP contribution < -0.4 is 5.32 Å². The van der Waals surface area contributed by atoms with Gasteiger partial charge in [-0.3, -0.25) is 0 Å². The van der Waals surface area contributed by atoms with Crippen LogP contribution in [0.1, 0.15) is 31.9 Å². The quantitative estimate of drug-likeness (QED) is 0.846. The number of aromatic nitrogens is 2. The van der Waals surface area contributed by atoms with Crippen LogP contribution in [0.5, 0.6) is 0 Å². The first-order valence-corrected chi connectivity index (χ1v) is 5.97. The lowest BCUT2D eigenvalue weighted by atomic mass is 10.1. The van der Waals surface area contributed by atoms with Gasteiger partial charge in [-0.1, -0.05) is 6.92 Å². The summed E-state index contributed by atoms with van der Waals surface area (Å²) in [5.41, 5.74) is 0.986. The average molecular weight is 221 g/mol. The van der Waals surface area contributed by atoms with Crippen LogP contribution in [0.15, 0.2) is 12.3 Å². The zero-order valence-corrected chi connectivity index (χ0v) is 9.94. The molecule has 1 aromatic heterocycles. The Morgan fingerprint density at radius 1 is 1.62 bits per heavy atom. The van der Waals surface area contributed by atoms with Crippen molar-refractivity contribution in [2.45, 2.75) is 45.3 Å². The first-order valence-electron chi connectivity index (χ1n) is 5.97. The first-order chi connectivity index (χ1) is 7.79. The average Bonchev–Trinajstić information content (AvgIpc) is 2.79. The number of ether oxygens (including phenoxy) is 1. The van der Waals surface area contributed by atoms with Crippen LogP contribution in [-0.2, 0) is 4.74 Å². The molecule has 2 atom stereocenters. The standard InChI is InChI=1S/C12H19N3O/c1-3-10(11-5-4-8-16-11)15-12-13-7-6-9(2)14-12/h6-7,10-11H,3-5,8H2,1-2H3,(H,13,14,15). The third-order valence-electron chi connectivity index (χ3n) is 2.96. The fourth-order valence-corrected chi connectivity index (χ4v) is 2.06. The molecule has 16 heavy (non-hydrogen) atoms. The Labute approximate surface area is 96.4 Å². The summed E-state index contributed by atoms with van der Waals surface area (Å²) < 4.78 is 5.69. The first kappa shape index (κ1) is 11.3. The Kier molecular flexibility index (Phi) is 3.72. The monoisotopic (exact) mass is 221 g/mol. The molecular weight excluding hydrogens is 202 g/mol. The normalized spacial score (nSPS) is 22.0. The highest BCUT2D eigenvalue weighted by molar-refractivity contribution is 5.27. The largest absolute Gasteiger partial charge is 0.376 e. The number of nitrogens with one attached hydrogen (secondary N) is 1. The van der Waals surface area contributed by atoms with Gasteiger partial charge in [0, 0.05) is 18.5 Å². The number of aryl methyl sites for hydroxylation is 1. The van der Waals surface area contributed by atoms with E-state index in [1.165, 1.54) is 0 Å². The summed E-state index contributed by atoms with van der Waals surface area (Å²) >= 11 is 0. The van der Waals surface area contributed by atoms with E-state index >= 15 is 0 Å². The lowest BCUT2D eigenvalue weighted by molar-refractivity contribution is 0.0941. The number of rotatable bonds is 4. The fourth-order valence-electron chi connectivity index (χ4n) is 2.06. The Balaban J connectivity index is 2.00. The Morgan fingerprint density at radius 3 is 3.12 bits per heavy atom. The molecule has 1 saturated heterocycles. The van der Waals surface area contributed by atoms with Crippen LogP contribution in [0.2, 0.25) is 0 Å². The maximum absolute atomic E-state index is 5.69. The molecule has 0 spiro atoms. The van der Waals surface area contributed by atoms with Gasteiger partial charge in [0.25, 0.3) is 0 Å². The van der Waals surface area contributed by atoms with Crippen molar-refractivity contribution in [1.29, 1.82) is 0 Å². The molecule has 88 valence electrons. The molecule has 2 heterocycles. The van der Waals surface area contributed by atoms with Gasteiger partial charge in [0.05, 0.1) is 12.1 Å². The summed E-state index contributed by atoms with van der Waals surface area (Å²) in [5, 5.41) is 3.36. The maximum Gasteiger partial charge on any atom is 0.223 e. The molecule has 0 amide bonds. The van der Waals surface area contributed by atoms with E-state index in [1.54, 1.807) is 6.20 Å². The van der Waals surface area contributed by atoms with Gasteiger partial charge >= 0.3 is 0 Å². The molecule has 1 aromatic rings. The van der Waals surface area contributed by atoms with Gasteiger partial charge in [-0.25, -0.2) is 9.97 Å². The minimum Gasteiger partial charge on any atom is -0.376 e. The summed E-state index contributed by atoms with van der Waals surface area (Å²) in [6, 6.07) is 2.22. The van der Waals surface area contributed by atoms with Crippen molar-refractivity contribution in [3.63, 3.8) is 0 Å². The zero-order valence-electron chi connectivity index (χ0n) is 9.94. The van der Waals surface area contributed by atoms with Crippen LogP contribution in [0.4, 0.5) is 5.95 Å². The van der Waals surface area contributed by atoms with Crippen molar-refractivity contribution in [3.8, 4) is 0 Å². The second kappa shape index (κ2) is 5.25. The zero-order chi connectivity index (χ0) is 11.4. The SMILES string of the molecule is CCC(Nc1nccc(C)n1)C1CCCO1. The predicted octanol–water partition coefficient (Wildman–Crippen LogP) is 2.15. The molecule has 2 unspecified atom stereocenters. The smallest absolute Gasteiger partial charge is 0.223 e. The number of anilines is 1. The highest BCUT2D eigenvalue weighted by atomic mass is 16.5. The summed E-state index contributed by atoms with van der Waals surface area (Å²) in [6.45, 7) is 5.02. The van der Waals surface area contributed by atoms with Crippen LogP contribution in [0, 0.1) is 6.92 Å². The van der Waals surface area contributed by atoms with Gasteiger partial charge in [-0.05, 0) is 32.3 Å². The Bertz CT molecular complexity index is 337. The van der Waals surface area contributed by atoms with Gasteiger partial charge < -0.3 is 10.1 Å². The van der Waals surface area contributed by atoms with E-state index in [9.17, 15) is 0 Å². The lowest BCUT2D eigenvalue weighted by Gasteiger charge is -2.22. The molecule has 0 aromatic carbocycles. The second-order valence-electron chi connectivity index (χ2n) is 4.23. The van der Waals surface area contributed by atoms with E-state index in [0.29, 0.717) is 18.1 Å². The predicted molar refractivity (Wildman–Crippen MR) is 63.4 cm³/mol. The molecule has 0 bridgehead atoms. The number of hydrogen-bond donors (Lipinski definition) is 1. The molecule has 1 N–H and O–H groups in total. The van der Waals surface area contributed by atoms with E-state index < -0.39 is 0 Å². The van der Waals surface area contributed by atoms with E-state index in [0.717, 1.165) is 31.6 Å². The fraction of sp³-hybridized carbons (Fsp3) is 0.667. The summed E-state index contributed by atoms with van der Waals surface area (Å²) in [4.78, 5) is 8.58. The van der Waals surface area contributed by atoms with Gasteiger partial charge in [0.15, 0.2) is 0 Å². The third-order valence-corrected chi connectivity index (χ3v) is 2.96. The third kappa shape index (κ3) is 2.70. The molecule has 0 aliphatic carbocycles. The Hall–Kier alpha value is -1.16. The summed E-state index contributed by atoms with van der Waals surface area (Å²) in [5.74, 6) is 0.711. The lowest BCUT2D eigenvalue weighted by Crippen LogP contribution is -2.33. The molecule has 0 saturated carbocycles. The van der Waals surface area contributed by atoms with Crippen LogP contribution in [-0.4, -0.2) is 28.7 Å². The van der Waals surface area contributed by atoms with Crippen molar-refractivity contribution in [3.05, 3.63) is 18.0 Å². The summed E-state index contributed by atoms with van der Waals surface area (Å²) in [7, 11) is 0. The van der Waals surface area contributed by atoms with Gasteiger partial charge in [0.2, 0.25) is 5.95 Å². The minimum atomic E-state index is 0.314. The molecule has 0 radical (unpaired) electrons. The number of nitrogens with zero attached hydrogens (tertiary/aromatic N) is 2. The molecule has 4 nitrogen and oxygen atoms in total. The highest BCUT2D eigenvalue weighted by Gasteiger charge is 2.24. The van der Waals surface area contributed by atoms with E-state index in [4.69, 9.17) is 4.74 Å². The van der Waals surface area contributed by atoms with Gasteiger partial charge in [-0.15, -0.1) is 0 Å². The van der Waals surface area contributed by atoms with Crippen LogP contribution in [0.3, 0.4) is 0 Å². The second-order valence-corrected chi connectivity index (χ2v) is 4.23. The molecule has 2 rings (SSSR count). The molecule has 1 aliphatic heterocycles. The topological polar surface area (TPSA) is 47.0 Å². The highest BCUT2D eigenvalue weighted by Crippen LogP contribution is 2.19. The van der Waals surface area contributed by atoms with Crippen LogP contribution >= 0.6 is 0 Å². The van der Waals surface area contributed by atoms with Crippen LogP contribution in [0.25, 0.3) is 0 Å². The summed E-state index contributed by atoms with van der Waals surface area (Å²) in [6.07, 6.45) is 5.43. The van der Waals surface area contributed by atoms with Gasteiger partial charge in [0.1, 0.15) is 0 Å². The van der Waals surface area contributed by atoms with Crippen molar-refractivity contribution in [2.75, 3.05) is 11.9 Å². The Morgan fingerprint density at radius 2 is 2.50 bits per heavy atom. The van der Waals surface area contributed by atoms with Gasteiger partial charge in [-0.2, -0.15) is 0 Å². The van der Waals surface area contributed by atoms with E-state index in [-0.39, 0.29) is 0 Å². The molecule has 4 heteroatoms. The van der Waals surface area contributed by atoms with Crippen molar-refractivity contribution in [1.82, 2.24) is 9.97 Å². The maximum atomic E-state index is 5.69. The van der Waals surface area contributed by atoms with Crippen molar-refractivity contribution >= 4 is 5.95 Å². The number of hydrogen-bond acceptors (Lipinski definition) is 4.